The van der Waals surface area contributed by atoms with Crippen LogP contribution in [0.5, 0.6) is 0 Å². The molecule has 0 spiro atoms. The smallest absolute Gasteiger partial charge is 0.355 e. The summed E-state index contributed by atoms with van der Waals surface area (Å²) in [6, 6.07) is 1.22. The fraction of sp³-hybridized carbons (Fsp3) is 0.625. The molecule has 3 atom stereocenters. The van der Waals surface area contributed by atoms with Crippen molar-refractivity contribution >= 4 is 21.9 Å². The molecule has 1 aliphatic rings. The van der Waals surface area contributed by atoms with Crippen LogP contribution >= 0.6 is 0 Å². The van der Waals surface area contributed by atoms with Gasteiger partial charge in [0.05, 0.1) is 0 Å². The Morgan fingerprint density at radius 3 is 2.56 bits per heavy atom. The number of nitrogens with zero attached hydrogens (tertiary/aromatic N) is 1. The second kappa shape index (κ2) is 7.57. The molecule has 1 aliphatic carbocycles. The molecule has 25 heavy (non-hydrogen) atoms. The molecule has 9 heteroatoms. The molecule has 2 rings (SSSR count). The Morgan fingerprint density at radius 2 is 2.00 bits per heavy atom. The topological polar surface area (TPSA) is 120 Å². The molecule has 0 radical (unpaired) electrons. The van der Waals surface area contributed by atoms with E-state index in [0.717, 1.165) is 31.7 Å². The van der Waals surface area contributed by atoms with Crippen LogP contribution < -0.4 is 10.5 Å². The normalized spacial score (nSPS) is 22.2. The fourth-order valence-corrected chi connectivity index (χ4v) is 3.58. The number of primary sulfonamides is 1. The standard InChI is InChI=1S/C16H25N3O5S/c1-10-6-4-5-7-13(10)18-15(20)11(2)24-16(21)14-8-12(9-19(14)3)25(17,22)23/h8-11,13H,4-7H2,1-3H3,(H,18,20)(H2,17,22,23). The number of aromatic nitrogens is 1. The molecule has 8 nitrogen and oxygen atoms in total. The third-order valence-electron chi connectivity index (χ3n) is 4.61. The van der Waals surface area contributed by atoms with Gasteiger partial charge in [0.2, 0.25) is 10.0 Å². The molecule has 1 aromatic heterocycles. The van der Waals surface area contributed by atoms with E-state index >= 15 is 0 Å². The van der Waals surface area contributed by atoms with Gasteiger partial charge in [0, 0.05) is 19.3 Å². The lowest BCUT2D eigenvalue weighted by atomic mass is 9.86. The van der Waals surface area contributed by atoms with Gasteiger partial charge in [-0.3, -0.25) is 4.79 Å². The van der Waals surface area contributed by atoms with Crippen LogP contribution in [-0.4, -0.2) is 37.0 Å². The highest BCUT2D eigenvalue weighted by Gasteiger charge is 2.27. The van der Waals surface area contributed by atoms with Gasteiger partial charge in [-0.05, 0) is 31.7 Å². The summed E-state index contributed by atoms with van der Waals surface area (Å²) in [4.78, 5) is 24.3. The van der Waals surface area contributed by atoms with Gasteiger partial charge < -0.3 is 14.6 Å². The van der Waals surface area contributed by atoms with Crippen molar-refractivity contribution in [2.24, 2.45) is 18.1 Å². The number of rotatable bonds is 5. The van der Waals surface area contributed by atoms with Crippen LogP contribution in [0, 0.1) is 5.92 Å². The van der Waals surface area contributed by atoms with Crippen LogP contribution in [-0.2, 0) is 26.6 Å². The van der Waals surface area contributed by atoms with E-state index in [-0.39, 0.29) is 22.5 Å². The van der Waals surface area contributed by atoms with Crippen LogP contribution in [0.1, 0.15) is 50.0 Å². The molecule has 1 saturated carbocycles. The van der Waals surface area contributed by atoms with Crippen LogP contribution in [0.15, 0.2) is 17.2 Å². The lowest BCUT2D eigenvalue weighted by Gasteiger charge is -2.30. The van der Waals surface area contributed by atoms with E-state index < -0.39 is 22.1 Å². The van der Waals surface area contributed by atoms with Crippen molar-refractivity contribution in [2.45, 2.75) is 56.6 Å². The highest BCUT2D eigenvalue weighted by Crippen LogP contribution is 2.23. The Morgan fingerprint density at radius 1 is 1.36 bits per heavy atom. The predicted molar refractivity (Wildman–Crippen MR) is 91.2 cm³/mol. The van der Waals surface area contributed by atoms with Crippen LogP contribution in [0.4, 0.5) is 0 Å². The Balaban J connectivity index is 2.00. The zero-order valence-corrected chi connectivity index (χ0v) is 15.5. The lowest BCUT2D eigenvalue weighted by Crippen LogP contribution is -2.46. The molecule has 3 N–H and O–H groups in total. The van der Waals surface area contributed by atoms with Crippen LogP contribution in [0.3, 0.4) is 0 Å². The van der Waals surface area contributed by atoms with Gasteiger partial charge in [-0.15, -0.1) is 0 Å². The number of amides is 1. The number of esters is 1. The van der Waals surface area contributed by atoms with E-state index in [9.17, 15) is 18.0 Å². The maximum Gasteiger partial charge on any atom is 0.355 e. The van der Waals surface area contributed by atoms with Crippen molar-refractivity contribution in [3.63, 3.8) is 0 Å². The summed E-state index contributed by atoms with van der Waals surface area (Å²) in [6.07, 6.45) is 4.47. The number of hydrogen-bond acceptors (Lipinski definition) is 5. The summed E-state index contributed by atoms with van der Waals surface area (Å²) >= 11 is 0. The molecule has 140 valence electrons. The number of nitrogens with one attached hydrogen (secondary N) is 1. The maximum atomic E-state index is 12.3. The number of carbonyl (C=O) groups excluding carboxylic acids is 2. The van der Waals surface area contributed by atoms with Crippen molar-refractivity contribution in [1.82, 2.24) is 9.88 Å². The number of aryl methyl sites for hydroxylation is 1. The number of nitrogens with two attached hydrogens (primary N) is 1. The molecule has 3 unspecified atom stereocenters. The zero-order chi connectivity index (χ0) is 18.8. The van der Waals surface area contributed by atoms with Gasteiger partial charge in [-0.2, -0.15) is 0 Å². The average Bonchev–Trinajstić information content (AvgIpc) is 2.91. The van der Waals surface area contributed by atoms with Gasteiger partial charge in [0.1, 0.15) is 10.6 Å². The van der Waals surface area contributed by atoms with Crippen molar-refractivity contribution in [1.29, 1.82) is 0 Å². The summed E-state index contributed by atoms with van der Waals surface area (Å²) < 4.78 is 29.2. The Bertz CT molecular complexity index is 756. The molecular formula is C16H25N3O5S. The van der Waals surface area contributed by atoms with Crippen molar-refractivity contribution < 1.29 is 22.7 Å². The van der Waals surface area contributed by atoms with Crippen molar-refractivity contribution in [3.05, 3.63) is 18.0 Å². The van der Waals surface area contributed by atoms with E-state index in [1.165, 1.54) is 24.7 Å². The van der Waals surface area contributed by atoms with Gasteiger partial charge in [0.25, 0.3) is 5.91 Å². The van der Waals surface area contributed by atoms with Crippen LogP contribution in [0.2, 0.25) is 0 Å². The Hall–Kier alpha value is -1.87. The predicted octanol–water partition coefficient (Wildman–Crippen LogP) is 0.913. The molecule has 0 bridgehead atoms. The summed E-state index contributed by atoms with van der Waals surface area (Å²) in [7, 11) is -2.42. The third-order valence-corrected chi connectivity index (χ3v) is 5.49. The van der Waals surface area contributed by atoms with E-state index in [1.54, 1.807) is 0 Å². The van der Waals surface area contributed by atoms with Gasteiger partial charge in [-0.1, -0.05) is 19.8 Å². The largest absolute Gasteiger partial charge is 0.448 e. The maximum absolute atomic E-state index is 12.3. The van der Waals surface area contributed by atoms with Crippen LogP contribution in [0.25, 0.3) is 0 Å². The molecule has 1 heterocycles. The quantitative estimate of drug-likeness (QED) is 0.746. The minimum Gasteiger partial charge on any atom is -0.448 e. The van der Waals surface area contributed by atoms with E-state index in [4.69, 9.17) is 9.88 Å². The Labute approximate surface area is 147 Å². The highest BCUT2D eigenvalue weighted by atomic mass is 32.2. The molecule has 1 aromatic rings. The minimum absolute atomic E-state index is 0.00899. The molecular weight excluding hydrogens is 346 g/mol. The molecule has 1 amide bonds. The number of hydrogen-bond donors (Lipinski definition) is 2. The van der Waals surface area contributed by atoms with E-state index in [2.05, 4.69) is 12.2 Å². The third kappa shape index (κ3) is 4.82. The van der Waals surface area contributed by atoms with Gasteiger partial charge >= 0.3 is 5.97 Å². The lowest BCUT2D eigenvalue weighted by molar-refractivity contribution is -0.130. The zero-order valence-electron chi connectivity index (χ0n) is 14.7. The first-order valence-corrected chi connectivity index (χ1v) is 9.84. The second-order valence-corrected chi connectivity index (χ2v) is 8.20. The summed E-state index contributed by atoms with van der Waals surface area (Å²) in [5.41, 5.74) is 0.00899. The van der Waals surface area contributed by atoms with E-state index in [0.29, 0.717) is 5.92 Å². The average molecular weight is 371 g/mol. The first kappa shape index (κ1) is 19.5. The Kier molecular flexibility index (Phi) is 5.89. The van der Waals surface area contributed by atoms with Gasteiger partial charge in [-0.25, -0.2) is 18.4 Å². The number of carbonyl (C=O) groups is 2. The monoisotopic (exact) mass is 371 g/mol. The number of ether oxygens (including phenoxy) is 1. The molecule has 0 saturated heterocycles. The molecule has 1 fully saturated rings. The fourth-order valence-electron chi connectivity index (χ4n) is 3.00. The summed E-state index contributed by atoms with van der Waals surface area (Å²) in [5.74, 6) is -0.740. The second-order valence-electron chi connectivity index (χ2n) is 6.64. The highest BCUT2D eigenvalue weighted by molar-refractivity contribution is 7.89. The first-order valence-electron chi connectivity index (χ1n) is 8.30. The van der Waals surface area contributed by atoms with Crippen molar-refractivity contribution in [3.8, 4) is 0 Å². The molecule has 0 aliphatic heterocycles. The summed E-state index contributed by atoms with van der Waals surface area (Å²) in [6.45, 7) is 3.59. The van der Waals surface area contributed by atoms with Gasteiger partial charge in [0.15, 0.2) is 6.10 Å². The van der Waals surface area contributed by atoms with Crippen molar-refractivity contribution in [2.75, 3.05) is 0 Å². The van der Waals surface area contributed by atoms with E-state index in [1.807, 2.05) is 0 Å². The summed E-state index contributed by atoms with van der Waals surface area (Å²) in [5, 5.41) is 7.98. The minimum atomic E-state index is -3.92. The number of sulfonamides is 1. The first-order chi connectivity index (χ1) is 11.6. The SMILES string of the molecule is CC(OC(=O)c1cc(S(N)(=O)=O)cn1C)C(=O)NC1CCCCC1C. The molecule has 0 aromatic carbocycles.